The lowest BCUT2D eigenvalue weighted by molar-refractivity contribution is -0.113. The molecule has 22 heavy (non-hydrogen) atoms. The highest BCUT2D eigenvalue weighted by Crippen LogP contribution is 2.25. The molecular weight excluding hydrogens is 316 g/mol. The molecule has 0 saturated heterocycles. The number of para-hydroxylation sites is 1. The van der Waals surface area contributed by atoms with Crippen LogP contribution in [0.4, 0.5) is 5.13 Å². The van der Waals surface area contributed by atoms with Crippen LogP contribution in [0, 0.1) is 13.8 Å². The quantitative estimate of drug-likeness (QED) is 0.586. The fraction of sp³-hybridized carbons (Fsp3) is 0.200. The lowest BCUT2D eigenvalue weighted by atomic mass is 10.3. The molecule has 0 spiro atoms. The van der Waals surface area contributed by atoms with Gasteiger partial charge in [-0.1, -0.05) is 35.2 Å². The third-order valence-electron chi connectivity index (χ3n) is 2.83. The summed E-state index contributed by atoms with van der Waals surface area (Å²) in [5.74, 6) is 0.158. The number of carbonyl (C=O) groups excluding carboxylic acids is 1. The van der Waals surface area contributed by atoms with Crippen LogP contribution in [0.3, 0.4) is 0 Å². The molecule has 0 atom stereocenters. The average Bonchev–Trinajstić information content (AvgIpc) is 2.86. The molecular formula is C15H14N4OS2. The van der Waals surface area contributed by atoms with E-state index in [4.69, 9.17) is 0 Å². The van der Waals surface area contributed by atoms with Crippen LogP contribution >= 0.6 is 23.1 Å². The second kappa shape index (κ2) is 6.41. The summed E-state index contributed by atoms with van der Waals surface area (Å²) in [6, 6.07) is 9.71. The molecule has 0 radical (unpaired) electrons. The Morgan fingerprint density at radius 2 is 1.91 bits per heavy atom. The maximum atomic E-state index is 12.0. The van der Waals surface area contributed by atoms with Crippen LogP contribution in [0.15, 0.2) is 35.5 Å². The molecule has 3 rings (SSSR count). The minimum Gasteiger partial charge on any atom is -0.301 e. The summed E-state index contributed by atoms with van der Waals surface area (Å²) in [7, 11) is 0. The van der Waals surface area contributed by atoms with Gasteiger partial charge in [0.05, 0.1) is 16.0 Å². The van der Waals surface area contributed by atoms with Crippen LogP contribution < -0.4 is 5.32 Å². The van der Waals surface area contributed by atoms with E-state index in [1.165, 1.54) is 23.1 Å². The first-order chi connectivity index (χ1) is 10.6. The minimum absolute atomic E-state index is 0.105. The van der Waals surface area contributed by atoms with Crippen molar-refractivity contribution in [3.8, 4) is 0 Å². The number of nitrogens with zero attached hydrogens (tertiary/aromatic N) is 3. The van der Waals surface area contributed by atoms with E-state index in [2.05, 4.69) is 20.3 Å². The van der Waals surface area contributed by atoms with Crippen molar-refractivity contribution in [1.29, 1.82) is 0 Å². The monoisotopic (exact) mass is 330 g/mol. The number of rotatable bonds is 4. The molecule has 1 N–H and O–H groups in total. The maximum Gasteiger partial charge on any atom is 0.236 e. The molecule has 0 bridgehead atoms. The Labute approximate surface area is 136 Å². The number of fused-ring (bicyclic) bond motifs is 1. The second-order valence-electron chi connectivity index (χ2n) is 4.76. The van der Waals surface area contributed by atoms with Gasteiger partial charge in [-0.2, -0.15) is 0 Å². The number of thioether (sulfide) groups is 1. The molecule has 5 nitrogen and oxygen atoms in total. The Bertz CT molecular complexity index is 778. The molecule has 0 unspecified atom stereocenters. The number of hydrogen-bond acceptors (Lipinski definition) is 6. The molecule has 2 aromatic heterocycles. The Kier molecular flexibility index (Phi) is 4.35. The van der Waals surface area contributed by atoms with Crippen molar-refractivity contribution in [3.63, 3.8) is 0 Å². The summed E-state index contributed by atoms with van der Waals surface area (Å²) >= 11 is 2.79. The van der Waals surface area contributed by atoms with Gasteiger partial charge < -0.3 is 5.32 Å². The molecule has 7 heteroatoms. The lowest BCUT2D eigenvalue weighted by Gasteiger charge is -2.03. The lowest BCUT2D eigenvalue weighted by Crippen LogP contribution is -2.14. The van der Waals surface area contributed by atoms with Crippen LogP contribution in [0.25, 0.3) is 10.2 Å². The van der Waals surface area contributed by atoms with Crippen molar-refractivity contribution in [2.45, 2.75) is 19.0 Å². The van der Waals surface area contributed by atoms with Gasteiger partial charge in [0.1, 0.15) is 0 Å². The van der Waals surface area contributed by atoms with Gasteiger partial charge in [0.25, 0.3) is 0 Å². The van der Waals surface area contributed by atoms with E-state index in [0.29, 0.717) is 10.3 Å². The van der Waals surface area contributed by atoms with Crippen molar-refractivity contribution < 1.29 is 4.79 Å². The van der Waals surface area contributed by atoms with Gasteiger partial charge in [0, 0.05) is 11.4 Å². The number of aromatic nitrogens is 3. The van der Waals surface area contributed by atoms with Gasteiger partial charge in [0.15, 0.2) is 10.3 Å². The topological polar surface area (TPSA) is 67.8 Å². The third-order valence-corrected chi connectivity index (χ3v) is 4.63. The molecule has 0 aliphatic heterocycles. The molecule has 0 aliphatic carbocycles. The molecule has 1 amide bonds. The van der Waals surface area contributed by atoms with Gasteiger partial charge >= 0.3 is 0 Å². The predicted octanol–water partition coefficient (Wildman–Crippen LogP) is 3.43. The highest BCUT2D eigenvalue weighted by Gasteiger charge is 2.09. The third kappa shape index (κ3) is 3.61. The van der Waals surface area contributed by atoms with Crippen LogP contribution in [0.1, 0.15) is 11.4 Å². The number of amides is 1. The molecule has 2 heterocycles. The molecule has 1 aromatic carbocycles. The summed E-state index contributed by atoms with van der Waals surface area (Å²) < 4.78 is 1.06. The number of benzene rings is 1. The molecule has 0 fully saturated rings. The summed E-state index contributed by atoms with van der Waals surface area (Å²) in [6.07, 6.45) is 0. The van der Waals surface area contributed by atoms with Gasteiger partial charge in [-0.3, -0.25) is 4.79 Å². The summed E-state index contributed by atoms with van der Waals surface area (Å²) in [5, 5.41) is 4.06. The Morgan fingerprint density at radius 3 is 2.64 bits per heavy atom. The first-order valence-corrected chi connectivity index (χ1v) is 8.51. The fourth-order valence-corrected chi connectivity index (χ4v) is 3.60. The van der Waals surface area contributed by atoms with Gasteiger partial charge in [-0.05, 0) is 32.0 Å². The largest absolute Gasteiger partial charge is 0.301 e. The number of carbonyl (C=O) groups is 1. The van der Waals surface area contributed by atoms with Crippen LogP contribution in [0.2, 0.25) is 0 Å². The number of anilines is 1. The van der Waals surface area contributed by atoms with Crippen LogP contribution in [-0.2, 0) is 4.79 Å². The van der Waals surface area contributed by atoms with E-state index in [0.717, 1.165) is 21.6 Å². The van der Waals surface area contributed by atoms with Gasteiger partial charge in [0.2, 0.25) is 5.91 Å². The van der Waals surface area contributed by atoms with Crippen molar-refractivity contribution in [2.24, 2.45) is 0 Å². The number of thiazole rings is 1. The molecule has 112 valence electrons. The maximum absolute atomic E-state index is 12.0. The van der Waals surface area contributed by atoms with Crippen molar-refractivity contribution in [2.75, 3.05) is 11.1 Å². The standard InChI is InChI=1S/C15H14N4OS2/c1-9-7-10(2)17-14(16-9)21-8-13(20)19-15-18-11-5-3-4-6-12(11)22-15/h3-7H,8H2,1-2H3,(H,18,19,20). The van der Waals surface area contributed by atoms with Crippen LogP contribution in [-0.4, -0.2) is 26.6 Å². The zero-order chi connectivity index (χ0) is 15.5. The van der Waals surface area contributed by atoms with E-state index < -0.39 is 0 Å². The highest BCUT2D eigenvalue weighted by atomic mass is 32.2. The van der Waals surface area contributed by atoms with Crippen LogP contribution in [0.5, 0.6) is 0 Å². The zero-order valence-electron chi connectivity index (χ0n) is 12.2. The SMILES string of the molecule is Cc1cc(C)nc(SCC(=O)Nc2nc3ccccc3s2)n1. The van der Waals surface area contributed by atoms with E-state index in [-0.39, 0.29) is 11.7 Å². The van der Waals surface area contributed by atoms with Gasteiger partial charge in [-0.25, -0.2) is 15.0 Å². The average molecular weight is 330 g/mol. The zero-order valence-corrected chi connectivity index (χ0v) is 13.8. The summed E-state index contributed by atoms with van der Waals surface area (Å²) in [6.45, 7) is 3.83. The van der Waals surface area contributed by atoms with Crippen molar-refractivity contribution >= 4 is 44.4 Å². The van der Waals surface area contributed by atoms with E-state index in [1.807, 2.05) is 44.2 Å². The smallest absolute Gasteiger partial charge is 0.236 e. The summed E-state index contributed by atoms with van der Waals surface area (Å²) in [5.41, 5.74) is 2.70. The summed E-state index contributed by atoms with van der Waals surface area (Å²) in [4.78, 5) is 25.0. The number of aryl methyl sites for hydroxylation is 2. The predicted molar refractivity (Wildman–Crippen MR) is 90.5 cm³/mol. The van der Waals surface area contributed by atoms with E-state index >= 15 is 0 Å². The minimum atomic E-state index is -0.105. The van der Waals surface area contributed by atoms with Crippen molar-refractivity contribution in [3.05, 3.63) is 41.7 Å². The first-order valence-electron chi connectivity index (χ1n) is 6.71. The number of hydrogen-bond donors (Lipinski definition) is 1. The number of nitrogens with one attached hydrogen (secondary N) is 1. The fourth-order valence-electron chi connectivity index (χ4n) is 1.97. The molecule has 0 saturated carbocycles. The van der Waals surface area contributed by atoms with E-state index in [9.17, 15) is 4.79 Å². The normalized spacial score (nSPS) is 10.8. The first kappa shape index (κ1) is 14.9. The Balaban J connectivity index is 1.62. The molecule has 3 aromatic rings. The second-order valence-corrected chi connectivity index (χ2v) is 6.73. The van der Waals surface area contributed by atoms with E-state index in [1.54, 1.807) is 0 Å². The highest BCUT2D eigenvalue weighted by molar-refractivity contribution is 7.99. The Morgan fingerprint density at radius 1 is 1.18 bits per heavy atom. The Hall–Kier alpha value is -1.99. The van der Waals surface area contributed by atoms with Crippen molar-refractivity contribution in [1.82, 2.24) is 15.0 Å². The van der Waals surface area contributed by atoms with Gasteiger partial charge in [-0.15, -0.1) is 0 Å². The molecule has 0 aliphatic rings.